The quantitative estimate of drug-likeness (QED) is 0.565. The number of nitrogens with one attached hydrogen (secondary N) is 2. The number of fused-ring (bicyclic) bond motifs is 2. The van der Waals surface area contributed by atoms with Gasteiger partial charge in [-0.05, 0) is 60.4 Å². The fraction of sp³-hybridized carbons (Fsp3) is 0.500. The van der Waals surface area contributed by atoms with Crippen LogP contribution in [-0.2, 0) is 30.2 Å². The normalized spacial score (nSPS) is 33.0. The van der Waals surface area contributed by atoms with Gasteiger partial charge in [-0.2, -0.15) is 11.0 Å². The van der Waals surface area contributed by atoms with E-state index in [-0.39, 0.29) is 11.1 Å². The number of rotatable bonds is 2. The van der Waals surface area contributed by atoms with Crippen LogP contribution in [0.5, 0.6) is 0 Å². The van der Waals surface area contributed by atoms with Crippen molar-refractivity contribution in [2.45, 2.75) is 24.9 Å². The predicted molar refractivity (Wildman–Crippen MR) is 128 cm³/mol. The van der Waals surface area contributed by atoms with Crippen molar-refractivity contribution >= 4 is 31.9 Å². The highest BCUT2D eigenvalue weighted by atomic mass is 79.9. The number of aryl methyl sites for hydroxylation is 2. The Labute approximate surface area is 205 Å². The molecule has 6 rings (SSSR count). The third-order valence-electron chi connectivity index (χ3n) is 7.13. The Morgan fingerprint density at radius 3 is 1.59 bits per heavy atom. The van der Waals surface area contributed by atoms with Gasteiger partial charge in [0, 0.05) is 20.8 Å². The van der Waals surface area contributed by atoms with E-state index in [2.05, 4.69) is 93.1 Å². The smallest absolute Gasteiger partial charge is 0.0989 e. The topological polar surface area (TPSA) is 61.0 Å². The molecule has 0 spiro atoms. The summed E-state index contributed by atoms with van der Waals surface area (Å²) in [6.07, 6.45) is 0. The highest BCUT2D eigenvalue weighted by molar-refractivity contribution is 9.10. The van der Waals surface area contributed by atoms with Crippen molar-refractivity contribution in [3.05, 3.63) is 67.6 Å². The number of benzene rings is 2. The van der Waals surface area contributed by atoms with Crippen LogP contribution in [0.25, 0.3) is 0 Å². The van der Waals surface area contributed by atoms with Crippen molar-refractivity contribution in [3.8, 4) is 0 Å². The second-order valence-electron chi connectivity index (χ2n) is 9.11. The highest BCUT2D eigenvalue weighted by Crippen LogP contribution is 2.42. The molecule has 4 atom stereocenters. The fourth-order valence-electron chi connectivity index (χ4n) is 5.25. The minimum Gasteiger partial charge on any atom is -0.379 e. The summed E-state index contributed by atoms with van der Waals surface area (Å²) in [6.45, 7) is 8.65. The van der Waals surface area contributed by atoms with E-state index in [4.69, 9.17) is 19.1 Å². The van der Waals surface area contributed by atoms with E-state index >= 15 is 0 Å². The van der Waals surface area contributed by atoms with Crippen LogP contribution < -0.4 is 11.0 Å². The van der Waals surface area contributed by atoms with E-state index in [1.165, 1.54) is 22.3 Å². The molecule has 0 aliphatic carbocycles. The van der Waals surface area contributed by atoms with Crippen LogP contribution in [-0.4, -0.2) is 39.6 Å². The Kier molecular flexibility index (Phi) is 6.50. The minimum absolute atomic E-state index is 0.145. The van der Waals surface area contributed by atoms with E-state index in [1.807, 2.05) is 0 Å². The predicted octanol–water partition coefficient (Wildman–Crippen LogP) is 4.27. The number of hydroxylamine groups is 2. The van der Waals surface area contributed by atoms with Crippen LogP contribution in [0.3, 0.4) is 0 Å². The zero-order chi connectivity index (χ0) is 22.3. The Balaban J connectivity index is 0.000000135. The standard InChI is InChI=1S/2C12H14BrNO2/c2*1-8-2-3-10(13)4-11(8)12-7-15-5-9(12)6-16-14-12/h2*2-4,9,14H,5-7H2,1H3/t2*9-,12-/m10/s1. The summed E-state index contributed by atoms with van der Waals surface area (Å²) in [5, 5.41) is 0. The van der Waals surface area contributed by atoms with Gasteiger partial charge in [-0.15, -0.1) is 0 Å². The van der Waals surface area contributed by atoms with Crippen LogP contribution in [0.1, 0.15) is 22.3 Å². The zero-order valence-electron chi connectivity index (χ0n) is 18.3. The fourth-order valence-corrected chi connectivity index (χ4v) is 5.97. The molecule has 8 heteroatoms. The van der Waals surface area contributed by atoms with Gasteiger partial charge in [-0.3, -0.25) is 0 Å². The van der Waals surface area contributed by atoms with E-state index in [0.717, 1.165) is 35.4 Å². The molecule has 172 valence electrons. The first-order chi connectivity index (χ1) is 15.4. The summed E-state index contributed by atoms with van der Waals surface area (Å²) >= 11 is 7.06. The molecule has 0 bridgehead atoms. The van der Waals surface area contributed by atoms with Crippen LogP contribution in [0, 0.1) is 25.7 Å². The molecule has 4 fully saturated rings. The van der Waals surface area contributed by atoms with Crippen molar-refractivity contribution in [2.75, 3.05) is 39.6 Å². The Morgan fingerprint density at radius 2 is 1.16 bits per heavy atom. The molecule has 6 nitrogen and oxygen atoms in total. The number of hydrogen-bond acceptors (Lipinski definition) is 6. The maximum absolute atomic E-state index is 5.61. The van der Waals surface area contributed by atoms with Gasteiger partial charge in [0.1, 0.15) is 0 Å². The molecule has 4 aliphatic rings. The van der Waals surface area contributed by atoms with Crippen LogP contribution in [0.2, 0.25) is 0 Å². The van der Waals surface area contributed by atoms with Gasteiger partial charge in [0.25, 0.3) is 0 Å². The Hall–Kier alpha value is -0.840. The lowest BCUT2D eigenvalue weighted by molar-refractivity contribution is 0.0248. The van der Waals surface area contributed by atoms with Gasteiger partial charge in [0.05, 0.1) is 50.7 Å². The van der Waals surface area contributed by atoms with Crippen molar-refractivity contribution in [3.63, 3.8) is 0 Å². The van der Waals surface area contributed by atoms with Crippen LogP contribution in [0.4, 0.5) is 0 Å². The summed E-state index contributed by atoms with van der Waals surface area (Å²) in [5.41, 5.74) is 11.2. The molecular weight excluding hydrogens is 540 g/mol. The summed E-state index contributed by atoms with van der Waals surface area (Å²) in [7, 11) is 0. The van der Waals surface area contributed by atoms with Gasteiger partial charge in [0.2, 0.25) is 0 Å². The Morgan fingerprint density at radius 1 is 0.719 bits per heavy atom. The SMILES string of the molecule is Cc1ccc(Br)cc1[C@@]12COC[C@@H]1CON2.Cc1ccc(Br)cc1[C@]12COC[C@H]1CON2. The lowest BCUT2D eigenvalue weighted by Crippen LogP contribution is -2.42. The maximum atomic E-state index is 5.61. The zero-order valence-corrected chi connectivity index (χ0v) is 21.4. The third-order valence-corrected chi connectivity index (χ3v) is 8.12. The van der Waals surface area contributed by atoms with Gasteiger partial charge >= 0.3 is 0 Å². The van der Waals surface area contributed by atoms with Gasteiger partial charge < -0.3 is 19.1 Å². The summed E-state index contributed by atoms with van der Waals surface area (Å²) in [5.74, 6) is 0.834. The van der Waals surface area contributed by atoms with E-state index in [9.17, 15) is 0 Å². The van der Waals surface area contributed by atoms with E-state index in [0.29, 0.717) is 25.0 Å². The first-order valence-corrected chi connectivity index (χ1v) is 12.5. The molecule has 0 unspecified atom stereocenters. The molecule has 4 heterocycles. The molecule has 2 N–H and O–H groups in total. The number of hydrogen-bond donors (Lipinski definition) is 2. The van der Waals surface area contributed by atoms with Gasteiger partial charge in [-0.25, -0.2) is 0 Å². The highest BCUT2D eigenvalue weighted by Gasteiger charge is 2.51. The van der Waals surface area contributed by atoms with E-state index in [1.54, 1.807) is 0 Å². The monoisotopic (exact) mass is 566 g/mol. The minimum atomic E-state index is -0.145. The average Bonchev–Trinajstić information content (AvgIpc) is 3.52. The second-order valence-corrected chi connectivity index (χ2v) is 10.9. The van der Waals surface area contributed by atoms with Crippen molar-refractivity contribution in [1.82, 2.24) is 11.0 Å². The molecule has 2 aromatic carbocycles. The second kappa shape index (κ2) is 9.07. The van der Waals surface area contributed by atoms with Crippen molar-refractivity contribution < 1.29 is 19.1 Å². The number of ether oxygens (including phenoxy) is 2. The molecule has 0 amide bonds. The molecule has 0 saturated carbocycles. The van der Waals surface area contributed by atoms with Crippen molar-refractivity contribution in [2.24, 2.45) is 11.8 Å². The molecule has 4 saturated heterocycles. The molecular formula is C24H28Br2N2O4. The van der Waals surface area contributed by atoms with Crippen molar-refractivity contribution in [1.29, 1.82) is 0 Å². The first kappa shape index (κ1) is 22.9. The third kappa shape index (κ3) is 3.88. The van der Waals surface area contributed by atoms with Crippen LogP contribution in [0.15, 0.2) is 45.3 Å². The number of halogens is 2. The Bertz CT molecular complexity index is 902. The summed E-state index contributed by atoms with van der Waals surface area (Å²) in [6, 6.07) is 12.7. The lowest BCUT2D eigenvalue weighted by Gasteiger charge is -2.28. The molecule has 0 aromatic heterocycles. The molecule has 0 radical (unpaired) electrons. The molecule has 32 heavy (non-hydrogen) atoms. The van der Waals surface area contributed by atoms with Gasteiger partial charge in [-0.1, -0.05) is 44.0 Å². The molecule has 2 aromatic rings. The van der Waals surface area contributed by atoms with E-state index < -0.39 is 0 Å². The average molecular weight is 568 g/mol. The largest absolute Gasteiger partial charge is 0.379 e. The molecule has 4 aliphatic heterocycles. The van der Waals surface area contributed by atoms with Gasteiger partial charge in [0.15, 0.2) is 0 Å². The summed E-state index contributed by atoms with van der Waals surface area (Å²) in [4.78, 5) is 10.8. The summed E-state index contributed by atoms with van der Waals surface area (Å²) < 4.78 is 13.4. The van der Waals surface area contributed by atoms with Crippen LogP contribution >= 0.6 is 31.9 Å². The lowest BCUT2D eigenvalue weighted by atomic mass is 9.80. The maximum Gasteiger partial charge on any atom is 0.0989 e. The first-order valence-electron chi connectivity index (χ1n) is 10.9.